The lowest BCUT2D eigenvalue weighted by molar-refractivity contribution is -0.139. The minimum absolute atomic E-state index is 0.396. The molecule has 0 amide bonds. The number of aromatic nitrogens is 1. The predicted molar refractivity (Wildman–Crippen MR) is 116 cm³/mol. The highest BCUT2D eigenvalue weighted by atomic mass is 16.4. The molecule has 1 atom stereocenters. The van der Waals surface area contributed by atoms with E-state index in [-0.39, 0.29) is 0 Å². The second kappa shape index (κ2) is 12.8. The molecule has 1 aliphatic rings. The quantitative estimate of drug-likeness (QED) is 0.399. The van der Waals surface area contributed by atoms with Gasteiger partial charge in [0.15, 0.2) is 0 Å². The first kappa shape index (κ1) is 22.7. The predicted octanol–water partition coefficient (Wildman–Crippen LogP) is 4.80. The fraction of sp³-hybridized carbons (Fsp3) is 0.739. The Bertz CT molecular complexity index is 587. The highest BCUT2D eigenvalue weighted by Gasteiger charge is 2.17. The Hall–Kier alpha value is -1.62. The van der Waals surface area contributed by atoms with E-state index in [9.17, 15) is 9.90 Å². The summed E-state index contributed by atoms with van der Waals surface area (Å²) in [6.07, 6.45) is 11.9. The van der Waals surface area contributed by atoms with Crippen molar-refractivity contribution in [2.75, 3.05) is 18.4 Å². The Morgan fingerprint density at radius 1 is 1.18 bits per heavy atom. The lowest BCUT2D eigenvalue weighted by Gasteiger charge is -2.18. The van der Waals surface area contributed by atoms with E-state index in [0.29, 0.717) is 5.92 Å². The van der Waals surface area contributed by atoms with Crippen LogP contribution in [0.2, 0.25) is 0 Å². The molecule has 2 heterocycles. The van der Waals surface area contributed by atoms with Gasteiger partial charge in [-0.1, -0.05) is 58.4 Å². The number of rotatable bonds is 14. The van der Waals surface area contributed by atoms with E-state index < -0.39 is 12.0 Å². The summed E-state index contributed by atoms with van der Waals surface area (Å²) in [5, 5.41) is 16.1. The topological polar surface area (TPSA) is 74.2 Å². The first-order chi connectivity index (χ1) is 13.6. The van der Waals surface area contributed by atoms with Crippen molar-refractivity contribution in [2.24, 2.45) is 5.92 Å². The van der Waals surface area contributed by atoms with Crippen molar-refractivity contribution in [1.29, 1.82) is 0 Å². The van der Waals surface area contributed by atoms with Crippen LogP contribution in [0, 0.1) is 5.92 Å². The second-order valence-corrected chi connectivity index (χ2v) is 8.13. The van der Waals surface area contributed by atoms with Gasteiger partial charge in [0.05, 0.1) is 0 Å². The SMILES string of the molecule is CCC(CC)CN[C@@H](CCCCCCCc1ccc2c(n1)NCCC2)C(=O)O. The van der Waals surface area contributed by atoms with Crippen LogP contribution in [0.4, 0.5) is 5.82 Å². The molecule has 0 saturated carbocycles. The molecular formula is C23H39N3O2. The number of unbranched alkanes of at least 4 members (excludes halogenated alkanes) is 4. The first-order valence-electron chi connectivity index (χ1n) is 11.3. The fourth-order valence-corrected chi connectivity index (χ4v) is 3.89. The summed E-state index contributed by atoms with van der Waals surface area (Å²) in [5.74, 6) is 0.955. The van der Waals surface area contributed by atoms with Crippen LogP contribution in [0.1, 0.15) is 82.9 Å². The van der Waals surface area contributed by atoms with Crippen molar-refractivity contribution >= 4 is 11.8 Å². The molecule has 0 fully saturated rings. The molecule has 0 aliphatic carbocycles. The molecule has 3 N–H and O–H groups in total. The van der Waals surface area contributed by atoms with Gasteiger partial charge in [-0.05, 0) is 56.2 Å². The maximum atomic E-state index is 11.4. The van der Waals surface area contributed by atoms with Crippen LogP contribution in [-0.4, -0.2) is 35.2 Å². The van der Waals surface area contributed by atoms with E-state index in [2.05, 4.69) is 36.6 Å². The zero-order chi connectivity index (χ0) is 20.2. The van der Waals surface area contributed by atoms with Gasteiger partial charge >= 0.3 is 5.97 Å². The fourth-order valence-electron chi connectivity index (χ4n) is 3.89. The minimum atomic E-state index is -0.710. The zero-order valence-electron chi connectivity index (χ0n) is 17.8. The normalized spacial score (nSPS) is 14.5. The molecule has 0 spiro atoms. The molecule has 0 saturated heterocycles. The lowest BCUT2D eigenvalue weighted by atomic mass is 10.0. The summed E-state index contributed by atoms with van der Waals surface area (Å²) in [6, 6.07) is 4.01. The van der Waals surface area contributed by atoms with E-state index in [1.54, 1.807) is 0 Å². The summed E-state index contributed by atoms with van der Waals surface area (Å²) >= 11 is 0. The number of nitrogens with zero attached hydrogens (tertiary/aromatic N) is 1. The molecule has 1 aromatic heterocycles. The molecule has 0 radical (unpaired) electrons. The number of aryl methyl sites for hydroxylation is 2. The maximum absolute atomic E-state index is 11.4. The minimum Gasteiger partial charge on any atom is -0.480 e. The van der Waals surface area contributed by atoms with Gasteiger partial charge in [-0.2, -0.15) is 0 Å². The largest absolute Gasteiger partial charge is 0.480 e. The molecule has 0 aromatic carbocycles. The van der Waals surface area contributed by atoms with E-state index in [4.69, 9.17) is 4.98 Å². The molecule has 1 aliphatic heterocycles. The maximum Gasteiger partial charge on any atom is 0.320 e. The number of carboxylic acids is 1. The van der Waals surface area contributed by atoms with E-state index in [1.165, 1.54) is 30.5 Å². The van der Waals surface area contributed by atoms with Crippen molar-refractivity contribution in [2.45, 2.75) is 90.5 Å². The van der Waals surface area contributed by atoms with Gasteiger partial charge in [0.2, 0.25) is 0 Å². The number of carboxylic acid groups (broad SMARTS) is 1. The van der Waals surface area contributed by atoms with Crippen LogP contribution in [0.25, 0.3) is 0 Å². The van der Waals surface area contributed by atoms with E-state index >= 15 is 0 Å². The Labute approximate surface area is 170 Å². The van der Waals surface area contributed by atoms with Crippen molar-refractivity contribution < 1.29 is 9.90 Å². The van der Waals surface area contributed by atoms with E-state index in [0.717, 1.165) is 70.3 Å². The van der Waals surface area contributed by atoms with Crippen LogP contribution in [-0.2, 0) is 17.6 Å². The Morgan fingerprint density at radius 3 is 2.68 bits per heavy atom. The molecule has 1 aromatic rings. The summed E-state index contributed by atoms with van der Waals surface area (Å²) in [4.78, 5) is 16.2. The zero-order valence-corrected chi connectivity index (χ0v) is 17.8. The van der Waals surface area contributed by atoms with Gasteiger partial charge < -0.3 is 15.7 Å². The van der Waals surface area contributed by atoms with Gasteiger partial charge in [-0.3, -0.25) is 4.79 Å². The summed E-state index contributed by atoms with van der Waals surface area (Å²) in [6.45, 7) is 6.18. The van der Waals surface area contributed by atoms with Crippen molar-refractivity contribution in [3.05, 3.63) is 23.4 Å². The molecule has 158 valence electrons. The lowest BCUT2D eigenvalue weighted by Crippen LogP contribution is -2.39. The van der Waals surface area contributed by atoms with Gasteiger partial charge in [-0.15, -0.1) is 0 Å². The molecule has 5 heteroatoms. The van der Waals surface area contributed by atoms with Gasteiger partial charge in [0, 0.05) is 12.2 Å². The Morgan fingerprint density at radius 2 is 1.93 bits per heavy atom. The highest BCUT2D eigenvalue weighted by molar-refractivity contribution is 5.73. The Balaban J connectivity index is 1.57. The first-order valence-corrected chi connectivity index (χ1v) is 11.3. The van der Waals surface area contributed by atoms with Crippen LogP contribution in [0.5, 0.6) is 0 Å². The smallest absolute Gasteiger partial charge is 0.320 e. The summed E-state index contributed by atoms with van der Waals surface area (Å²) in [7, 11) is 0. The summed E-state index contributed by atoms with van der Waals surface area (Å²) < 4.78 is 0. The molecular weight excluding hydrogens is 350 g/mol. The van der Waals surface area contributed by atoms with Gasteiger partial charge in [0.25, 0.3) is 0 Å². The third kappa shape index (κ3) is 7.78. The molecule has 0 unspecified atom stereocenters. The number of aliphatic carboxylic acids is 1. The number of nitrogens with one attached hydrogen (secondary N) is 2. The Kier molecular flexibility index (Phi) is 10.3. The van der Waals surface area contributed by atoms with Crippen LogP contribution in [0.15, 0.2) is 12.1 Å². The molecule has 2 rings (SSSR count). The van der Waals surface area contributed by atoms with Crippen molar-refractivity contribution in [3.63, 3.8) is 0 Å². The summed E-state index contributed by atoms with van der Waals surface area (Å²) in [5.41, 5.74) is 2.53. The number of pyridine rings is 1. The van der Waals surface area contributed by atoms with Crippen LogP contribution in [0.3, 0.4) is 0 Å². The molecule has 5 nitrogen and oxygen atoms in total. The average molecular weight is 390 g/mol. The van der Waals surface area contributed by atoms with Crippen molar-refractivity contribution in [1.82, 2.24) is 10.3 Å². The second-order valence-electron chi connectivity index (χ2n) is 8.13. The standard InChI is InChI=1S/C23H39N3O2/c1-3-18(4-2)17-25-21(23(27)28)13-9-7-5-6-8-12-20-15-14-19-11-10-16-24-22(19)26-20/h14-15,18,21,25H,3-13,16-17H2,1-2H3,(H,24,26)(H,27,28)/t21-/m0/s1. The average Bonchev–Trinajstić information content (AvgIpc) is 2.71. The third-order valence-electron chi connectivity index (χ3n) is 5.98. The molecule has 28 heavy (non-hydrogen) atoms. The number of fused-ring (bicyclic) bond motifs is 1. The molecule has 0 bridgehead atoms. The van der Waals surface area contributed by atoms with Crippen LogP contribution >= 0.6 is 0 Å². The number of hydrogen-bond donors (Lipinski definition) is 3. The van der Waals surface area contributed by atoms with Crippen LogP contribution < -0.4 is 10.6 Å². The number of carbonyl (C=O) groups is 1. The number of hydrogen-bond acceptors (Lipinski definition) is 4. The van der Waals surface area contributed by atoms with E-state index in [1.807, 2.05) is 0 Å². The monoisotopic (exact) mass is 389 g/mol. The van der Waals surface area contributed by atoms with Crippen molar-refractivity contribution in [3.8, 4) is 0 Å². The van der Waals surface area contributed by atoms with Gasteiger partial charge in [0.1, 0.15) is 11.9 Å². The van der Waals surface area contributed by atoms with Gasteiger partial charge in [-0.25, -0.2) is 4.98 Å². The number of anilines is 1. The highest BCUT2D eigenvalue weighted by Crippen LogP contribution is 2.20. The third-order valence-corrected chi connectivity index (χ3v) is 5.98.